The molecule has 2 heterocycles. The van der Waals surface area contributed by atoms with Gasteiger partial charge in [0.2, 0.25) is 5.88 Å². The topological polar surface area (TPSA) is 72.0 Å². The molecule has 0 fully saturated rings. The Morgan fingerprint density at radius 2 is 2.00 bits per heavy atom. The molecule has 0 bridgehead atoms. The molecule has 6 nitrogen and oxygen atoms in total. The Hall–Kier alpha value is -2.37. The summed E-state index contributed by atoms with van der Waals surface area (Å²) in [6, 6.07) is 5.65. The first-order valence-electron chi connectivity index (χ1n) is 5.54. The molecule has 2 N–H and O–H groups in total. The number of pyridine rings is 1. The van der Waals surface area contributed by atoms with E-state index in [9.17, 15) is 0 Å². The average molecular weight is 245 g/mol. The molecule has 18 heavy (non-hydrogen) atoms. The van der Waals surface area contributed by atoms with Crippen LogP contribution in [0.1, 0.15) is 5.56 Å². The lowest BCUT2D eigenvalue weighted by Crippen LogP contribution is -2.03. The number of hydrogen-bond acceptors (Lipinski definition) is 6. The van der Waals surface area contributed by atoms with Gasteiger partial charge in [0.25, 0.3) is 0 Å². The van der Waals surface area contributed by atoms with E-state index in [1.165, 1.54) is 6.33 Å². The minimum absolute atomic E-state index is 0.605. The molecule has 2 aromatic heterocycles. The summed E-state index contributed by atoms with van der Waals surface area (Å²) < 4.78 is 5.07. The van der Waals surface area contributed by atoms with Crippen molar-refractivity contribution in [3.8, 4) is 5.88 Å². The summed E-state index contributed by atoms with van der Waals surface area (Å²) in [5, 5.41) is 6.18. The number of hydrogen-bond donors (Lipinski definition) is 2. The van der Waals surface area contributed by atoms with Gasteiger partial charge in [-0.15, -0.1) is 0 Å². The Morgan fingerprint density at radius 3 is 2.78 bits per heavy atom. The second-order valence-corrected chi connectivity index (χ2v) is 3.60. The van der Waals surface area contributed by atoms with Crippen molar-refractivity contribution in [2.24, 2.45) is 0 Å². The first-order valence-corrected chi connectivity index (χ1v) is 5.54. The Balaban J connectivity index is 2.01. The first-order chi connectivity index (χ1) is 8.81. The smallest absolute Gasteiger partial charge is 0.213 e. The second kappa shape index (κ2) is 5.81. The van der Waals surface area contributed by atoms with Crippen molar-refractivity contribution in [1.29, 1.82) is 0 Å². The molecule has 0 aliphatic heterocycles. The van der Waals surface area contributed by atoms with Crippen LogP contribution in [0.3, 0.4) is 0 Å². The maximum atomic E-state index is 5.07. The third-order valence-electron chi connectivity index (χ3n) is 2.41. The molecule has 0 spiro atoms. The van der Waals surface area contributed by atoms with Gasteiger partial charge in [-0.05, 0) is 11.6 Å². The standard InChI is InChI=1S/C12H15N5O/c1-13-10-6-11(17-8-16-10)15-7-9-3-4-14-12(5-9)18-2/h3-6,8H,7H2,1-2H3,(H2,13,15,16,17). The number of methoxy groups -OCH3 is 1. The molecule has 0 saturated carbocycles. The van der Waals surface area contributed by atoms with E-state index in [0.717, 1.165) is 17.2 Å². The molecule has 0 atom stereocenters. The molecular formula is C12H15N5O. The highest BCUT2D eigenvalue weighted by Gasteiger charge is 1.99. The number of anilines is 2. The van der Waals surface area contributed by atoms with Crippen LogP contribution in [0, 0.1) is 0 Å². The molecule has 6 heteroatoms. The Labute approximate surface area is 105 Å². The van der Waals surface area contributed by atoms with Crippen LogP contribution in [0.25, 0.3) is 0 Å². The quantitative estimate of drug-likeness (QED) is 0.832. The van der Waals surface area contributed by atoms with Gasteiger partial charge in [-0.1, -0.05) is 0 Å². The highest BCUT2D eigenvalue weighted by molar-refractivity contribution is 5.46. The number of aromatic nitrogens is 3. The van der Waals surface area contributed by atoms with Crippen molar-refractivity contribution in [2.75, 3.05) is 24.8 Å². The monoisotopic (exact) mass is 245 g/mol. The van der Waals surface area contributed by atoms with Gasteiger partial charge in [0.05, 0.1) is 7.11 Å². The molecule has 0 aliphatic rings. The molecule has 0 unspecified atom stereocenters. The Morgan fingerprint density at radius 1 is 1.17 bits per heavy atom. The molecular weight excluding hydrogens is 230 g/mol. The van der Waals surface area contributed by atoms with Crippen molar-refractivity contribution in [3.63, 3.8) is 0 Å². The number of rotatable bonds is 5. The van der Waals surface area contributed by atoms with Crippen molar-refractivity contribution in [2.45, 2.75) is 6.54 Å². The highest BCUT2D eigenvalue weighted by atomic mass is 16.5. The van der Waals surface area contributed by atoms with Gasteiger partial charge < -0.3 is 15.4 Å². The molecule has 0 amide bonds. The van der Waals surface area contributed by atoms with Gasteiger partial charge in [0, 0.05) is 31.9 Å². The van der Waals surface area contributed by atoms with Crippen molar-refractivity contribution < 1.29 is 4.74 Å². The minimum Gasteiger partial charge on any atom is -0.481 e. The van der Waals surface area contributed by atoms with Crippen LogP contribution < -0.4 is 15.4 Å². The summed E-state index contributed by atoms with van der Waals surface area (Å²) in [4.78, 5) is 12.2. The predicted molar refractivity (Wildman–Crippen MR) is 69.7 cm³/mol. The normalized spacial score (nSPS) is 9.89. The largest absolute Gasteiger partial charge is 0.481 e. The molecule has 94 valence electrons. The number of nitrogens with one attached hydrogen (secondary N) is 2. The van der Waals surface area contributed by atoms with Gasteiger partial charge in [-0.25, -0.2) is 15.0 Å². The van der Waals surface area contributed by atoms with Gasteiger partial charge in [-0.2, -0.15) is 0 Å². The van der Waals surface area contributed by atoms with E-state index in [4.69, 9.17) is 4.74 Å². The van der Waals surface area contributed by atoms with Crippen LogP contribution >= 0.6 is 0 Å². The number of ether oxygens (including phenoxy) is 1. The van der Waals surface area contributed by atoms with Crippen LogP contribution in [0.5, 0.6) is 5.88 Å². The summed E-state index contributed by atoms with van der Waals surface area (Å²) in [7, 11) is 3.42. The molecule has 2 aromatic rings. The van der Waals surface area contributed by atoms with Gasteiger partial charge in [-0.3, -0.25) is 0 Å². The van der Waals surface area contributed by atoms with E-state index in [0.29, 0.717) is 12.4 Å². The Kier molecular flexibility index (Phi) is 3.90. The summed E-state index contributed by atoms with van der Waals surface area (Å²) in [6.07, 6.45) is 3.23. The van der Waals surface area contributed by atoms with E-state index >= 15 is 0 Å². The summed E-state index contributed by atoms with van der Waals surface area (Å²) in [6.45, 7) is 0.652. The summed E-state index contributed by atoms with van der Waals surface area (Å²) in [5.74, 6) is 2.15. The fourth-order valence-electron chi connectivity index (χ4n) is 1.46. The lowest BCUT2D eigenvalue weighted by atomic mass is 10.2. The minimum atomic E-state index is 0.605. The Bertz CT molecular complexity index is 470. The maximum Gasteiger partial charge on any atom is 0.213 e. The predicted octanol–water partition coefficient (Wildman–Crippen LogP) is 1.53. The third-order valence-corrected chi connectivity index (χ3v) is 2.41. The zero-order valence-corrected chi connectivity index (χ0v) is 10.3. The second-order valence-electron chi connectivity index (χ2n) is 3.60. The van der Waals surface area contributed by atoms with Gasteiger partial charge >= 0.3 is 0 Å². The van der Waals surface area contributed by atoms with E-state index < -0.39 is 0 Å². The molecule has 0 aliphatic carbocycles. The van der Waals surface area contributed by atoms with E-state index in [-0.39, 0.29) is 0 Å². The lowest BCUT2D eigenvalue weighted by Gasteiger charge is -2.07. The van der Waals surface area contributed by atoms with E-state index in [1.54, 1.807) is 13.3 Å². The van der Waals surface area contributed by atoms with Gasteiger partial charge in [0.1, 0.15) is 18.0 Å². The zero-order valence-electron chi connectivity index (χ0n) is 10.3. The SMILES string of the molecule is CNc1cc(NCc2ccnc(OC)c2)ncn1. The third kappa shape index (κ3) is 3.07. The lowest BCUT2D eigenvalue weighted by molar-refractivity contribution is 0.397. The summed E-state index contributed by atoms with van der Waals surface area (Å²) >= 11 is 0. The fraction of sp³-hybridized carbons (Fsp3) is 0.250. The highest BCUT2D eigenvalue weighted by Crippen LogP contribution is 2.12. The zero-order chi connectivity index (χ0) is 12.8. The molecule has 2 rings (SSSR count). The van der Waals surface area contributed by atoms with Gasteiger partial charge in [0.15, 0.2) is 0 Å². The van der Waals surface area contributed by atoms with E-state index in [1.807, 2.05) is 25.2 Å². The van der Waals surface area contributed by atoms with Crippen molar-refractivity contribution in [1.82, 2.24) is 15.0 Å². The van der Waals surface area contributed by atoms with Crippen LogP contribution in [-0.4, -0.2) is 29.1 Å². The van der Waals surface area contributed by atoms with Crippen LogP contribution in [-0.2, 0) is 6.54 Å². The average Bonchev–Trinajstić information content (AvgIpc) is 2.45. The fourth-order valence-corrected chi connectivity index (χ4v) is 1.46. The van der Waals surface area contributed by atoms with Crippen molar-refractivity contribution in [3.05, 3.63) is 36.3 Å². The summed E-state index contributed by atoms with van der Waals surface area (Å²) in [5.41, 5.74) is 1.08. The van der Waals surface area contributed by atoms with Crippen LogP contribution in [0.2, 0.25) is 0 Å². The number of nitrogens with zero attached hydrogens (tertiary/aromatic N) is 3. The van der Waals surface area contributed by atoms with E-state index in [2.05, 4.69) is 25.6 Å². The van der Waals surface area contributed by atoms with Crippen LogP contribution in [0.4, 0.5) is 11.6 Å². The molecule has 0 saturated heterocycles. The maximum absolute atomic E-state index is 5.07. The van der Waals surface area contributed by atoms with Crippen molar-refractivity contribution >= 4 is 11.6 Å². The molecule has 0 aromatic carbocycles. The molecule has 0 radical (unpaired) electrons. The van der Waals surface area contributed by atoms with Crippen LogP contribution in [0.15, 0.2) is 30.7 Å². The first kappa shape index (κ1) is 12.1.